The molecule has 0 fully saturated rings. The highest BCUT2D eigenvalue weighted by Crippen LogP contribution is 2.29. The molecule has 0 saturated carbocycles. The zero-order valence-corrected chi connectivity index (χ0v) is 12.7. The van der Waals surface area contributed by atoms with Gasteiger partial charge in [-0.15, -0.1) is 0 Å². The number of rotatable bonds is 7. The summed E-state index contributed by atoms with van der Waals surface area (Å²) in [5.41, 5.74) is 2.93. The summed E-state index contributed by atoms with van der Waals surface area (Å²) in [7, 11) is 0. The molecule has 0 aliphatic heterocycles. The smallest absolute Gasteiger partial charge is 0.166 e. The predicted octanol–water partition coefficient (Wildman–Crippen LogP) is 4.63. The Hall–Kier alpha value is -1.29. The van der Waals surface area contributed by atoms with Gasteiger partial charge in [-0.1, -0.05) is 26.2 Å². The predicted molar refractivity (Wildman–Crippen MR) is 80.7 cm³/mol. The van der Waals surface area contributed by atoms with E-state index in [1.165, 1.54) is 25.0 Å². The number of aromatic amines is 2. The van der Waals surface area contributed by atoms with Gasteiger partial charge >= 0.3 is 0 Å². The van der Waals surface area contributed by atoms with Crippen molar-refractivity contribution in [3.63, 3.8) is 0 Å². The van der Waals surface area contributed by atoms with E-state index in [9.17, 15) is 4.79 Å². The highest BCUT2D eigenvalue weighted by molar-refractivity contribution is 9.10. The quantitative estimate of drug-likeness (QED) is 0.566. The molecule has 0 radical (unpaired) electrons. The minimum atomic E-state index is 0.298. The van der Waals surface area contributed by atoms with Crippen LogP contribution in [0, 0.1) is 0 Å². The van der Waals surface area contributed by atoms with Gasteiger partial charge < -0.3 is 9.97 Å². The number of hydrogen-bond donors (Lipinski definition) is 2. The Morgan fingerprint density at radius 3 is 2.47 bits per heavy atom. The number of nitrogens with one attached hydrogen (secondary N) is 2. The van der Waals surface area contributed by atoms with Crippen molar-refractivity contribution in [1.29, 1.82) is 0 Å². The van der Waals surface area contributed by atoms with Crippen LogP contribution in [0.4, 0.5) is 0 Å². The van der Waals surface area contributed by atoms with Gasteiger partial charge in [0.1, 0.15) is 0 Å². The summed E-state index contributed by atoms with van der Waals surface area (Å²) in [5, 5.41) is 0. The van der Waals surface area contributed by atoms with Gasteiger partial charge in [0, 0.05) is 17.3 Å². The first-order valence-corrected chi connectivity index (χ1v) is 7.52. The lowest BCUT2D eigenvalue weighted by atomic mass is 9.95. The molecule has 0 amide bonds. The summed E-state index contributed by atoms with van der Waals surface area (Å²) in [4.78, 5) is 17.3. The van der Waals surface area contributed by atoms with Crippen molar-refractivity contribution in [3.05, 3.63) is 46.0 Å². The third-order valence-electron chi connectivity index (χ3n) is 3.38. The molecule has 0 saturated heterocycles. The molecule has 0 aromatic carbocycles. The lowest BCUT2D eigenvalue weighted by Gasteiger charge is -2.14. The Morgan fingerprint density at radius 1 is 1.16 bits per heavy atom. The van der Waals surface area contributed by atoms with Crippen molar-refractivity contribution in [2.75, 3.05) is 0 Å². The summed E-state index contributed by atoms with van der Waals surface area (Å²) in [6.07, 6.45) is 5.58. The van der Waals surface area contributed by atoms with Crippen molar-refractivity contribution in [2.45, 2.75) is 38.5 Å². The van der Waals surface area contributed by atoms with Crippen LogP contribution in [0.5, 0.6) is 0 Å². The number of H-pyrrole nitrogens is 2. The van der Waals surface area contributed by atoms with E-state index >= 15 is 0 Å². The number of carbonyl (C=O) groups is 1. The van der Waals surface area contributed by atoms with E-state index in [0.717, 1.165) is 23.0 Å². The van der Waals surface area contributed by atoms with Crippen molar-refractivity contribution < 1.29 is 4.79 Å². The van der Waals surface area contributed by atoms with E-state index in [4.69, 9.17) is 0 Å². The average Bonchev–Trinajstić information content (AvgIpc) is 3.04. The number of halogens is 1. The number of carbonyl (C=O) groups excluding carboxylic acids is 1. The Bertz CT molecular complexity index is 530. The van der Waals surface area contributed by atoms with Crippen LogP contribution < -0.4 is 0 Å². The van der Waals surface area contributed by atoms with Gasteiger partial charge in [-0.2, -0.15) is 0 Å². The third-order valence-corrected chi connectivity index (χ3v) is 3.84. The fourth-order valence-corrected chi connectivity index (χ4v) is 2.73. The van der Waals surface area contributed by atoms with E-state index in [1.807, 2.05) is 18.2 Å². The number of unbranched alkanes of at least 4 members (excludes halogenated alkanes) is 2. The highest BCUT2D eigenvalue weighted by Gasteiger charge is 2.17. The standard InChI is InChI=1S/C15H19BrN2O/c1-2-3-4-5-12(14-8-9-15(16)18-14)13-7-6-11(10-19)17-13/h6-10,12,17-18H,2-5H2,1H3. The first-order chi connectivity index (χ1) is 9.24. The fraction of sp³-hybridized carbons (Fsp3) is 0.400. The summed E-state index contributed by atoms with van der Waals surface area (Å²) in [6.45, 7) is 2.21. The van der Waals surface area contributed by atoms with Crippen LogP contribution in [0.25, 0.3) is 0 Å². The molecule has 2 aromatic heterocycles. The molecule has 0 spiro atoms. The monoisotopic (exact) mass is 322 g/mol. The lowest BCUT2D eigenvalue weighted by molar-refractivity contribution is 0.111. The molecule has 3 nitrogen and oxygen atoms in total. The fourth-order valence-electron chi connectivity index (χ4n) is 2.37. The second kappa shape index (κ2) is 6.75. The average molecular weight is 323 g/mol. The van der Waals surface area contributed by atoms with E-state index in [1.54, 1.807) is 0 Å². The Morgan fingerprint density at radius 2 is 1.89 bits per heavy atom. The molecule has 0 bridgehead atoms. The van der Waals surface area contributed by atoms with Gasteiger partial charge in [-0.05, 0) is 46.6 Å². The van der Waals surface area contributed by atoms with Crippen molar-refractivity contribution in [3.8, 4) is 0 Å². The van der Waals surface area contributed by atoms with Gasteiger partial charge in [0.15, 0.2) is 6.29 Å². The first-order valence-electron chi connectivity index (χ1n) is 6.73. The highest BCUT2D eigenvalue weighted by atomic mass is 79.9. The van der Waals surface area contributed by atoms with Crippen molar-refractivity contribution in [2.24, 2.45) is 0 Å². The number of aromatic nitrogens is 2. The number of aldehydes is 1. The maximum absolute atomic E-state index is 10.8. The third kappa shape index (κ3) is 3.60. The van der Waals surface area contributed by atoms with Crippen LogP contribution in [0.15, 0.2) is 28.9 Å². The minimum Gasteiger partial charge on any atom is -0.356 e. The van der Waals surface area contributed by atoms with Gasteiger partial charge in [0.25, 0.3) is 0 Å². The minimum absolute atomic E-state index is 0.298. The molecule has 102 valence electrons. The zero-order chi connectivity index (χ0) is 13.7. The van der Waals surface area contributed by atoms with Gasteiger partial charge in [0.05, 0.1) is 10.3 Å². The molecule has 2 rings (SSSR count). The molecule has 1 unspecified atom stereocenters. The molecule has 0 aliphatic rings. The number of hydrogen-bond acceptors (Lipinski definition) is 1. The maximum atomic E-state index is 10.8. The lowest BCUT2D eigenvalue weighted by Crippen LogP contribution is -2.03. The SMILES string of the molecule is CCCCCC(c1ccc(Br)[nH]1)c1ccc(C=O)[nH]1. The van der Waals surface area contributed by atoms with Crippen molar-refractivity contribution >= 4 is 22.2 Å². The summed E-state index contributed by atoms with van der Waals surface area (Å²) < 4.78 is 0.991. The topological polar surface area (TPSA) is 48.6 Å². The Kier molecular flexibility index (Phi) is 5.02. The van der Waals surface area contributed by atoms with E-state index < -0.39 is 0 Å². The van der Waals surface area contributed by atoms with Crippen LogP contribution >= 0.6 is 15.9 Å². The van der Waals surface area contributed by atoms with Gasteiger partial charge in [-0.3, -0.25) is 4.79 Å². The molecule has 2 N–H and O–H groups in total. The summed E-state index contributed by atoms with van der Waals surface area (Å²) in [5.74, 6) is 0.298. The molecule has 1 atom stereocenters. The Balaban J connectivity index is 2.20. The molecular weight excluding hydrogens is 304 g/mol. The van der Waals surface area contributed by atoms with Crippen LogP contribution in [0.2, 0.25) is 0 Å². The van der Waals surface area contributed by atoms with E-state index in [-0.39, 0.29) is 0 Å². The largest absolute Gasteiger partial charge is 0.356 e. The molecule has 0 aliphatic carbocycles. The van der Waals surface area contributed by atoms with Crippen LogP contribution in [0.3, 0.4) is 0 Å². The molecule has 2 aromatic rings. The molecule has 4 heteroatoms. The van der Waals surface area contributed by atoms with E-state index in [0.29, 0.717) is 11.6 Å². The van der Waals surface area contributed by atoms with Crippen LogP contribution in [-0.2, 0) is 0 Å². The van der Waals surface area contributed by atoms with Crippen LogP contribution in [-0.4, -0.2) is 16.3 Å². The maximum Gasteiger partial charge on any atom is 0.166 e. The summed E-state index contributed by atoms with van der Waals surface area (Å²) >= 11 is 3.45. The van der Waals surface area contributed by atoms with Gasteiger partial charge in [0.2, 0.25) is 0 Å². The molecule has 19 heavy (non-hydrogen) atoms. The van der Waals surface area contributed by atoms with Crippen LogP contribution in [0.1, 0.15) is 60.4 Å². The van der Waals surface area contributed by atoms with Gasteiger partial charge in [-0.25, -0.2) is 0 Å². The zero-order valence-electron chi connectivity index (χ0n) is 11.1. The second-order valence-electron chi connectivity index (χ2n) is 4.80. The Labute approximate surface area is 121 Å². The molecular formula is C15H19BrN2O. The normalized spacial score (nSPS) is 12.5. The molecule has 2 heterocycles. The summed E-state index contributed by atoms with van der Waals surface area (Å²) in [6, 6.07) is 7.97. The first kappa shape index (κ1) is 14.1. The van der Waals surface area contributed by atoms with Crippen molar-refractivity contribution in [1.82, 2.24) is 9.97 Å². The second-order valence-corrected chi connectivity index (χ2v) is 5.65. The van der Waals surface area contributed by atoms with E-state index in [2.05, 4.69) is 38.9 Å².